The van der Waals surface area contributed by atoms with Gasteiger partial charge in [-0.3, -0.25) is 4.79 Å². The van der Waals surface area contributed by atoms with E-state index in [1.807, 2.05) is 0 Å². The molecule has 19 heavy (non-hydrogen) atoms. The third-order valence-electron chi connectivity index (χ3n) is 3.01. The van der Waals surface area contributed by atoms with Crippen LogP contribution in [0.25, 0.3) is 0 Å². The van der Waals surface area contributed by atoms with Crippen LogP contribution in [0.5, 0.6) is 5.75 Å². The van der Waals surface area contributed by atoms with E-state index in [-0.39, 0.29) is 29.9 Å². The van der Waals surface area contributed by atoms with Crippen LogP contribution in [0.4, 0.5) is 4.39 Å². The molecule has 1 aliphatic carbocycles. The van der Waals surface area contributed by atoms with Crippen molar-refractivity contribution in [3.8, 4) is 5.75 Å². The molecular formula is C13H14FNO4. The Kier molecular flexibility index (Phi) is 3.69. The number of hydrogen-bond acceptors (Lipinski definition) is 3. The summed E-state index contributed by atoms with van der Waals surface area (Å²) in [6, 6.07) is 3.44. The Bertz CT molecular complexity index is 513. The summed E-state index contributed by atoms with van der Waals surface area (Å²) in [5.74, 6) is -2.18. The van der Waals surface area contributed by atoms with Gasteiger partial charge in [0, 0.05) is 13.1 Å². The number of hydrogen-bond donors (Lipinski definition) is 1. The van der Waals surface area contributed by atoms with Crippen LogP contribution in [-0.4, -0.2) is 41.6 Å². The molecule has 1 aliphatic rings. The molecule has 1 fully saturated rings. The number of carboxylic acid groups (broad SMARTS) is 1. The maximum atomic E-state index is 13.0. The summed E-state index contributed by atoms with van der Waals surface area (Å²) in [4.78, 5) is 24.2. The van der Waals surface area contributed by atoms with E-state index in [1.165, 1.54) is 6.07 Å². The van der Waals surface area contributed by atoms with Gasteiger partial charge >= 0.3 is 5.97 Å². The van der Waals surface area contributed by atoms with E-state index >= 15 is 0 Å². The third kappa shape index (κ3) is 3.21. The lowest BCUT2D eigenvalue weighted by atomic mass is 10.2. The van der Waals surface area contributed by atoms with Gasteiger partial charge in [-0.15, -0.1) is 0 Å². The minimum absolute atomic E-state index is 0.00792. The van der Waals surface area contributed by atoms with Crippen molar-refractivity contribution in [1.82, 2.24) is 4.90 Å². The highest BCUT2D eigenvalue weighted by Gasteiger charge is 2.29. The molecule has 0 saturated heterocycles. The Morgan fingerprint density at radius 2 is 2.16 bits per heavy atom. The maximum absolute atomic E-state index is 13.0. The fraction of sp³-hybridized carbons (Fsp3) is 0.385. The molecule has 6 heteroatoms. The second-order valence-corrected chi connectivity index (χ2v) is 4.47. The highest BCUT2D eigenvalue weighted by Crippen LogP contribution is 2.25. The summed E-state index contributed by atoms with van der Waals surface area (Å²) in [6.45, 7) is -0.251. The van der Waals surface area contributed by atoms with Gasteiger partial charge in [-0.05, 0) is 31.0 Å². The van der Waals surface area contributed by atoms with E-state index in [4.69, 9.17) is 9.84 Å². The third-order valence-corrected chi connectivity index (χ3v) is 3.01. The van der Waals surface area contributed by atoms with Crippen LogP contribution >= 0.6 is 0 Å². The first kappa shape index (κ1) is 13.3. The number of aromatic carboxylic acids is 1. The van der Waals surface area contributed by atoms with Gasteiger partial charge in [0.25, 0.3) is 5.91 Å². The SMILES string of the molecule is CN(C(=O)COc1ccc(F)cc1C(=O)O)C1CC1. The molecule has 1 amide bonds. The predicted molar refractivity (Wildman–Crippen MR) is 64.6 cm³/mol. The first-order valence-electron chi connectivity index (χ1n) is 5.90. The molecule has 0 radical (unpaired) electrons. The van der Waals surface area contributed by atoms with E-state index in [0.717, 1.165) is 25.0 Å². The van der Waals surface area contributed by atoms with Crippen LogP contribution in [0.2, 0.25) is 0 Å². The fourth-order valence-corrected chi connectivity index (χ4v) is 1.70. The molecule has 102 valence electrons. The van der Waals surface area contributed by atoms with Crippen LogP contribution in [0.1, 0.15) is 23.2 Å². The number of carbonyl (C=O) groups excluding carboxylic acids is 1. The van der Waals surface area contributed by atoms with Crippen molar-refractivity contribution in [3.05, 3.63) is 29.6 Å². The summed E-state index contributed by atoms with van der Waals surface area (Å²) >= 11 is 0. The summed E-state index contributed by atoms with van der Waals surface area (Å²) in [6.07, 6.45) is 1.97. The quantitative estimate of drug-likeness (QED) is 0.878. The first-order valence-corrected chi connectivity index (χ1v) is 5.90. The fourth-order valence-electron chi connectivity index (χ4n) is 1.70. The van der Waals surface area contributed by atoms with Gasteiger partial charge in [-0.25, -0.2) is 9.18 Å². The normalized spacial score (nSPS) is 14.0. The molecule has 0 bridgehead atoms. The van der Waals surface area contributed by atoms with Crippen molar-refractivity contribution in [2.75, 3.05) is 13.7 Å². The molecule has 2 rings (SSSR count). The van der Waals surface area contributed by atoms with Gasteiger partial charge in [0.1, 0.15) is 17.1 Å². The minimum atomic E-state index is -1.29. The molecule has 0 atom stereocenters. The number of benzene rings is 1. The van der Waals surface area contributed by atoms with Crippen LogP contribution < -0.4 is 4.74 Å². The lowest BCUT2D eigenvalue weighted by molar-refractivity contribution is -0.132. The van der Waals surface area contributed by atoms with E-state index in [0.29, 0.717) is 0 Å². The van der Waals surface area contributed by atoms with Crippen LogP contribution in [-0.2, 0) is 4.79 Å². The molecule has 0 unspecified atom stereocenters. The molecule has 0 aliphatic heterocycles. The maximum Gasteiger partial charge on any atom is 0.339 e. The minimum Gasteiger partial charge on any atom is -0.483 e. The zero-order valence-corrected chi connectivity index (χ0v) is 10.4. The van der Waals surface area contributed by atoms with Crippen molar-refractivity contribution < 1.29 is 23.8 Å². The van der Waals surface area contributed by atoms with Crippen LogP contribution in [0, 0.1) is 5.82 Å². The van der Waals surface area contributed by atoms with E-state index < -0.39 is 11.8 Å². The number of halogens is 1. The van der Waals surface area contributed by atoms with E-state index in [9.17, 15) is 14.0 Å². The van der Waals surface area contributed by atoms with Crippen LogP contribution in [0.3, 0.4) is 0 Å². The van der Waals surface area contributed by atoms with Crippen molar-refractivity contribution >= 4 is 11.9 Å². The molecule has 0 aromatic heterocycles. The van der Waals surface area contributed by atoms with E-state index in [2.05, 4.69) is 0 Å². The smallest absolute Gasteiger partial charge is 0.339 e. The van der Waals surface area contributed by atoms with E-state index in [1.54, 1.807) is 11.9 Å². The Balaban J connectivity index is 2.02. The molecule has 1 N–H and O–H groups in total. The van der Waals surface area contributed by atoms with Gasteiger partial charge in [0.15, 0.2) is 6.61 Å². The van der Waals surface area contributed by atoms with Gasteiger partial charge < -0.3 is 14.7 Å². The van der Waals surface area contributed by atoms with Gasteiger partial charge in [-0.2, -0.15) is 0 Å². The topological polar surface area (TPSA) is 66.8 Å². The molecule has 1 aromatic carbocycles. The molecule has 0 heterocycles. The Morgan fingerprint density at radius 1 is 1.47 bits per heavy atom. The number of carbonyl (C=O) groups is 2. The molecule has 1 aromatic rings. The zero-order valence-electron chi connectivity index (χ0n) is 10.4. The largest absolute Gasteiger partial charge is 0.483 e. The average Bonchev–Trinajstić information content (AvgIpc) is 3.20. The van der Waals surface area contributed by atoms with Crippen LogP contribution in [0.15, 0.2) is 18.2 Å². The molecule has 5 nitrogen and oxygen atoms in total. The summed E-state index contributed by atoms with van der Waals surface area (Å²) in [5.41, 5.74) is -0.290. The summed E-state index contributed by atoms with van der Waals surface area (Å²) in [5, 5.41) is 8.92. The van der Waals surface area contributed by atoms with Crippen molar-refractivity contribution in [2.45, 2.75) is 18.9 Å². The highest BCUT2D eigenvalue weighted by molar-refractivity contribution is 5.91. The number of ether oxygens (including phenoxy) is 1. The number of amides is 1. The zero-order chi connectivity index (χ0) is 14.0. The number of carboxylic acids is 1. The number of likely N-dealkylation sites (N-methyl/N-ethyl adjacent to an activating group) is 1. The number of rotatable bonds is 5. The molecular weight excluding hydrogens is 253 g/mol. The number of nitrogens with zero attached hydrogens (tertiary/aromatic N) is 1. The summed E-state index contributed by atoms with van der Waals surface area (Å²) in [7, 11) is 1.69. The lowest BCUT2D eigenvalue weighted by Gasteiger charge is -2.17. The Hall–Kier alpha value is -2.11. The van der Waals surface area contributed by atoms with Crippen molar-refractivity contribution in [3.63, 3.8) is 0 Å². The first-order chi connectivity index (χ1) is 8.99. The molecule has 1 saturated carbocycles. The predicted octanol–water partition coefficient (Wildman–Crippen LogP) is 1.52. The average molecular weight is 267 g/mol. The lowest BCUT2D eigenvalue weighted by Crippen LogP contribution is -2.33. The van der Waals surface area contributed by atoms with Crippen molar-refractivity contribution in [1.29, 1.82) is 0 Å². The highest BCUT2D eigenvalue weighted by atomic mass is 19.1. The van der Waals surface area contributed by atoms with Gasteiger partial charge in [0.2, 0.25) is 0 Å². The Morgan fingerprint density at radius 3 is 2.74 bits per heavy atom. The second-order valence-electron chi connectivity index (χ2n) is 4.47. The Labute approximate surface area is 109 Å². The standard InChI is InChI=1S/C13H14FNO4/c1-15(9-3-4-9)12(16)7-19-11-5-2-8(14)6-10(11)13(17)18/h2,5-6,9H,3-4,7H2,1H3,(H,17,18). The monoisotopic (exact) mass is 267 g/mol. The summed E-state index contributed by atoms with van der Waals surface area (Å²) < 4.78 is 18.1. The van der Waals surface area contributed by atoms with Gasteiger partial charge in [-0.1, -0.05) is 0 Å². The second kappa shape index (κ2) is 5.26. The molecule has 0 spiro atoms. The van der Waals surface area contributed by atoms with Gasteiger partial charge in [0.05, 0.1) is 0 Å². The van der Waals surface area contributed by atoms with Crippen molar-refractivity contribution in [2.24, 2.45) is 0 Å².